The fourth-order valence-electron chi connectivity index (χ4n) is 4.04. The first-order chi connectivity index (χ1) is 17.1. The molecule has 36 heavy (non-hydrogen) atoms. The molecule has 3 rings (SSSR count). The molecule has 0 aliphatic heterocycles. The van der Waals surface area contributed by atoms with Gasteiger partial charge in [-0.15, -0.1) is 0 Å². The Morgan fingerprint density at radius 1 is 0.778 bits per heavy atom. The van der Waals surface area contributed by atoms with Crippen LogP contribution in [0.5, 0.6) is 11.5 Å². The number of hydrogen-bond donors (Lipinski definition) is 0. The first-order valence-electron chi connectivity index (χ1n) is 11.9. The molecule has 0 saturated heterocycles. The molecule has 0 saturated carbocycles. The third kappa shape index (κ3) is 5.97. The van der Waals surface area contributed by atoms with Crippen molar-refractivity contribution in [2.45, 2.75) is 64.9 Å². The molecule has 0 aliphatic carbocycles. The van der Waals surface area contributed by atoms with Gasteiger partial charge in [-0.2, -0.15) is 8.78 Å². The summed E-state index contributed by atoms with van der Waals surface area (Å²) in [6, 6.07) is 7.83. The average Bonchev–Trinajstić information content (AvgIpc) is 2.81. The summed E-state index contributed by atoms with van der Waals surface area (Å²) < 4.78 is 93.3. The molecule has 0 heterocycles. The fraction of sp³-hybridized carbons (Fsp3) is 0.357. The summed E-state index contributed by atoms with van der Waals surface area (Å²) in [5.41, 5.74) is -3.06. The van der Waals surface area contributed by atoms with Crippen molar-refractivity contribution in [1.29, 1.82) is 0 Å². The molecule has 0 spiro atoms. The molecule has 0 fully saturated rings. The van der Waals surface area contributed by atoms with Gasteiger partial charge in [0.25, 0.3) is 0 Å². The Kier molecular flexibility index (Phi) is 8.93. The summed E-state index contributed by atoms with van der Waals surface area (Å²) in [6.07, 6.45) is 0.999. The van der Waals surface area contributed by atoms with Crippen molar-refractivity contribution in [3.63, 3.8) is 0 Å². The molecule has 193 valence electrons. The maximum atomic E-state index is 15.2. The van der Waals surface area contributed by atoms with Crippen LogP contribution in [-0.2, 0) is 24.1 Å². The average molecular weight is 510 g/mol. The minimum atomic E-state index is -4.55. The number of benzene rings is 3. The Labute approximate surface area is 206 Å². The normalized spacial score (nSPS) is 11.7. The molecular weight excluding hydrogens is 482 g/mol. The molecule has 0 unspecified atom stereocenters. The van der Waals surface area contributed by atoms with Gasteiger partial charge in [0.05, 0.1) is 5.56 Å². The van der Waals surface area contributed by atoms with Gasteiger partial charge in [0.15, 0.2) is 23.2 Å². The predicted octanol–water partition coefficient (Wildman–Crippen LogP) is 9.26. The lowest BCUT2D eigenvalue weighted by molar-refractivity contribution is -0.189. The van der Waals surface area contributed by atoms with Crippen LogP contribution in [0.3, 0.4) is 0 Å². The highest BCUT2D eigenvalue weighted by Gasteiger charge is 2.43. The van der Waals surface area contributed by atoms with Gasteiger partial charge in [-0.1, -0.05) is 63.8 Å². The van der Waals surface area contributed by atoms with E-state index in [1.165, 1.54) is 12.1 Å². The SMILES string of the molecule is CCCCCCc1ccc(OC(F)(F)c2c(F)cc([O])c(-c3ccc(CCC)c(F)c3F)c2F)cc1. The quantitative estimate of drug-likeness (QED) is 0.187. The van der Waals surface area contributed by atoms with E-state index in [0.717, 1.165) is 49.8 Å². The number of hydrogen-bond acceptors (Lipinski definition) is 1. The zero-order chi connectivity index (χ0) is 26.5. The Morgan fingerprint density at radius 3 is 2.11 bits per heavy atom. The molecule has 0 amide bonds. The molecule has 0 atom stereocenters. The topological polar surface area (TPSA) is 29.1 Å². The molecule has 2 nitrogen and oxygen atoms in total. The third-order valence-electron chi connectivity index (χ3n) is 5.91. The summed E-state index contributed by atoms with van der Waals surface area (Å²) in [5.74, 6) is -8.53. The highest BCUT2D eigenvalue weighted by Crippen LogP contribution is 2.43. The Hall–Kier alpha value is -3.16. The Morgan fingerprint density at radius 2 is 1.47 bits per heavy atom. The van der Waals surface area contributed by atoms with E-state index >= 15 is 4.39 Å². The van der Waals surface area contributed by atoms with Crippen molar-refractivity contribution in [2.24, 2.45) is 0 Å². The molecule has 3 aromatic carbocycles. The molecule has 3 aromatic rings. The number of ether oxygens (including phenoxy) is 1. The maximum Gasteiger partial charge on any atom is 0.432 e. The summed E-state index contributed by atoms with van der Waals surface area (Å²) in [7, 11) is 0. The summed E-state index contributed by atoms with van der Waals surface area (Å²) >= 11 is 0. The Balaban J connectivity index is 1.94. The second-order valence-electron chi connectivity index (χ2n) is 8.64. The zero-order valence-electron chi connectivity index (χ0n) is 20.1. The van der Waals surface area contributed by atoms with Crippen molar-refractivity contribution < 1.29 is 36.2 Å². The minimum Gasteiger partial charge on any atom is -0.429 e. The predicted molar refractivity (Wildman–Crippen MR) is 125 cm³/mol. The lowest BCUT2D eigenvalue weighted by atomic mass is 9.97. The first-order valence-corrected chi connectivity index (χ1v) is 11.9. The van der Waals surface area contributed by atoms with E-state index in [-0.39, 0.29) is 23.8 Å². The van der Waals surface area contributed by atoms with Crippen molar-refractivity contribution >= 4 is 0 Å². The van der Waals surface area contributed by atoms with E-state index in [2.05, 4.69) is 11.7 Å². The van der Waals surface area contributed by atoms with Gasteiger partial charge in [0.1, 0.15) is 17.1 Å². The van der Waals surface area contributed by atoms with Crippen LogP contribution in [0.15, 0.2) is 42.5 Å². The minimum absolute atomic E-state index is 0.0172. The molecule has 0 aliphatic rings. The smallest absolute Gasteiger partial charge is 0.429 e. The second-order valence-corrected chi connectivity index (χ2v) is 8.64. The maximum absolute atomic E-state index is 15.2. The molecule has 1 radical (unpaired) electrons. The standard InChI is InChI=1S/C28H27F6O2/c1-3-5-6-7-9-17-10-13-19(14-11-17)36-28(33,34)24-21(29)16-22(35)23(27(24)32)20-15-12-18(8-4-2)25(30)26(20)31/h10-16H,3-9H2,1-2H3. The van der Waals surface area contributed by atoms with Gasteiger partial charge >= 0.3 is 6.11 Å². The van der Waals surface area contributed by atoms with Crippen molar-refractivity contribution in [3.8, 4) is 22.6 Å². The van der Waals surface area contributed by atoms with Crippen LogP contribution >= 0.6 is 0 Å². The van der Waals surface area contributed by atoms with Crippen LogP contribution in [-0.4, -0.2) is 0 Å². The van der Waals surface area contributed by atoms with E-state index in [0.29, 0.717) is 6.42 Å². The number of halogens is 6. The van der Waals surface area contributed by atoms with Crippen LogP contribution in [0, 0.1) is 23.3 Å². The van der Waals surface area contributed by atoms with Crippen LogP contribution in [0.25, 0.3) is 11.1 Å². The molecule has 0 aromatic heterocycles. The monoisotopic (exact) mass is 509 g/mol. The van der Waals surface area contributed by atoms with E-state index in [1.54, 1.807) is 19.1 Å². The fourth-order valence-corrected chi connectivity index (χ4v) is 4.04. The van der Waals surface area contributed by atoms with Gasteiger partial charge in [-0.25, -0.2) is 17.6 Å². The van der Waals surface area contributed by atoms with Crippen molar-refractivity contribution in [1.82, 2.24) is 0 Å². The van der Waals surface area contributed by atoms with Crippen LogP contribution in [0.4, 0.5) is 26.3 Å². The molecular formula is C28H27F6O2. The molecule has 0 bridgehead atoms. The molecule has 8 heteroatoms. The highest BCUT2D eigenvalue weighted by molar-refractivity contribution is 5.73. The number of alkyl halides is 2. The highest BCUT2D eigenvalue weighted by atomic mass is 19.3. The number of rotatable bonds is 11. The number of aryl methyl sites for hydroxylation is 2. The molecule has 0 N–H and O–H groups in total. The van der Waals surface area contributed by atoms with Crippen molar-refractivity contribution in [3.05, 3.63) is 82.4 Å². The first kappa shape index (κ1) is 27.4. The van der Waals surface area contributed by atoms with Crippen LogP contribution in [0.1, 0.15) is 62.6 Å². The van der Waals surface area contributed by atoms with E-state index in [4.69, 9.17) is 0 Å². The van der Waals surface area contributed by atoms with E-state index < -0.39 is 51.8 Å². The lowest BCUT2D eigenvalue weighted by Gasteiger charge is -2.21. The number of unbranched alkanes of at least 4 members (excludes halogenated alkanes) is 3. The van der Waals surface area contributed by atoms with E-state index in [9.17, 15) is 27.1 Å². The summed E-state index contributed by atoms with van der Waals surface area (Å²) in [4.78, 5) is 0. The second kappa shape index (κ2) is 11.7. The van der Waals surface area contributed by atoms with E-state index in [1.807, 2.05) is 0 Å². The van der Waals surface area contributed by atoms with Gasteiger partial charge in [0, 0.05) is 11.6 Å². The summed E-state index contributed by atoms with van der Waals surface area (Å²) in [6.45, 7) is 3.82. The van der Waals surface area contributed by atoms with Crippen LogP contribution in [0.2, 0.25) is 0 Å². The summed E-state index contributed by atoms with van der Waals surface area (Å²) in [5, 5.41) is 12.3. The largest absolute Gasteiger partial charge is 0.432 e. The van der Waals surface area contributed by atoms with Crippen molar-refractivity contribution in [2.75, 3.05) is 0 Å². The third-order valence-corrected chi connectivity index (χ3v) is 5.91. The van der Waals surface area contributed by atoms with Gasteiger partial charge in [-0.3, -0.25) is 5.11 Å². The van der Waals surface area contributed by atoms with Crippen LogP contribution < -0.4 is 4.74 Å². The lowest BCUT2D eigenvalue weighted by Crippen LogP contribution is -2.25. The van der Waals surface area contributed by atoms with Gasteiger partial charge in [0.2, 0.25) is 0 Å². The van der Waals surface area contributed by atoms with Gasteiger partial charge < -0.3 is 4.74 Å². The van der Waals surface area contributed by atoms with Gasteiger partial charge in [-0.05, 0) is 42.5 Å². The zero-order valence-corrected chi connectivity index (χ0v) is 20.1. The Bertz CT molecular complexity index is 1190.